The van der Waals surface area contributed by atoms with E-state index >= 15 is 0 Å². The first kappa shape index (κ1) is 25.0. The highest BCUT2D eigenvalue weighted by molar-refractivity contribution is 7.10. The van der Waals surface area contributed by atoms with Crippen molar-refractivity contribution in [1.29, 1.82) is 0 Å². The van der Waals surface area contributed by atoms with Crippen LogP contribution in [0.1, 0.15) is 29.8 Å². The average molecular weight is 518 g/mol. The van der Waals surface area contributed by atoms with Gasteiger partial charge < -0.3 is 19.6 Å². The van der Waals surface area contributed by atoms with Gasteiger partial charge in [0.1, 0.15) is 17.6 Å². The predicted octanol–water partition coefficient (Wildman–Crippen LogP) is 4.92. The molecule has 0 radical (unpaired) electrons. The highest BCUT2D eigenvalue weighted by Gasteiger charge is 2.47. The fraction of sp³-hybridized carbons (Fsp3) is 0.310. The summed E-state index contributed by atoms with van der Waals surface area (Å²) in [6.07, 6.45) is 0.891. The lowest BCUT2D eigenvalue weighted by atomic mass is 9.99. The Morgan fingerprint density at radius 1 is 0.973 bits per heavy atom. The van der Waals surface area contributed by atoms with Gasteiger partial charge in [-0.15, -0.1) is 11.3 Å². The van der Waals surface area contributed by atoms with E-state index in [9.17, 15) is 14.7 Å². The highest BCUT2D eigenvalue weighted by Crippen LogP contribution is 2.44. The van der Waals surface area contributed by atoms with Crippen molar-refractivity contribution in [2.45, 2.75) is 19.4 Å². The molecule has 0 bridgehead atoms. The van der Waals surface area contributed by atoms with Crippen molar-refractivity contribution in [1.82, 2.24) is 4.90 Å². The minimum atomic E-state index is -0.703. The van der Waals surface area contributed by atoms with E-state index < -0.39 is 17.7 Å². The van der Waals surface area contributed by atoms with Crippen molar-refractivity contribution < 1.29 is 19.4 Å². The number of hydrogen-bond donors (Lipinski definition) is 1. The van der Waals surface area contributed by atoms with Gasteiger partial charge in [-0.25, -0.2) is 0 Å². The standard InChI is InChI=1S/C29H31N3O4S/c1-3-18-36-23-12-6-20(7-13-23)27(33)25-26(24-5-4-19-37-24)32(29(35)28(25)34)22-10-8-21(9-11-22)31-16-14-30(2)15-17-31/h4-13,19,26,33H,3,14-18H2,1-2H3/b27-25-. The van der Waals surface area contributed by atoms with Gasteiger partial charge in [0, 0.05) is 48.0 Å². The fourth-order valence-corrected chi connectivity index (χ4v) is 5.61. The summed E-state index contributed by atoms with van der Waals surface area (Å²) in [4.78, 5) is 33.6. The summed E-state index contributed by atoms with van der Waals surface area (Å²) < 4.78 is 5.64. The Labute approximate surface area is 221 Å². The van der Waals surface area contributed by atoms with Gasteiger partial charge in [0.25, 0.3) is 11.7 Å². The number of rotatable bonds is 7. The summed E-state index contributed by atoms with van der Waals surface area (Å²) in [5, 5.41) is 13.2. The van der Waals surface area contributed by atoms with Crippen molar-refractivity contribution in [3.63, 3.8) is 0 Å². The van der Waals surface area contributed by atoms with Crippen LogP contribution in [0.5, 0.6) is 5.75 Å². The molecule has 2 saturated heterocycles. The number of thiophene rings is 1. The van der Waals surface area contributed by atoms with E-state index in [2.05, 4.69) is 16.8 Å². The first-order chi connectivity index (χ1) is 18.0. The second-order valence-corrected chi connectivity index (χ2v) is 10.3. The lowest BCUT2D eigenvalue weighted by Gasteiger charge is -2.34. The summed E-state index contributed by atoms with van der Waals surface area (Å²) in [7, 11) is 2.12. The number of carbonyl (C=O) groups excluding carboxylic acids is 2. The first-order valence-corrected chi connectivity index (χ1v) is 13.5. The third kappa shape index (κ3) is 4.99. The molecular weight excluding hydrogens is 486 g/mol. The number of benzene rings is 2. The van der Waals surface area contributed by atoms with Crippen LogP contribution < -0.4 is 14.5 Å². The van der Waals surface area contributed by atoms with E-state index in [1.54, 1.807) is 24.3 Å². The zero-order valence-electron chi connectivity index (χ0n) is 21.1. The van der Waals surface area contributed by atoms with Crippen LogP contribution in [-0.2, 0) is 9.59 Å². The Morgan fingerprint density at radius 3 is 2.27 bits per heavy atom. The van der Waals surface area contributed by atoms with Crippen LogP contribution in [0.4, 0.5) is 11.4 Å². The Balaban J connectivity index is 1.49. The molecule has 2 aliphatic heterocycles. The van der Waals surface area contributed by atoms with Crippen molar-refractivity contribution in [2.24, 2.45) is 0 Å². The molecule has 1 amide bonds. The van der Waals surface area contributed by atoms with Crippen molar-refractivity contribution in [3.8, 4) is 5.75 Å². The van der Waals surface area contributed by atoms with Gasteiger partial charge in [0.2, 0.25) is 0 Å². The number of carbonyl (C=O) groups is 2. The van der Waals surface area contributed by atoms with Crippen LogP contribution in [0.25, 0.3) is 5.76 Å². The summed E-state index contributed by atoms with van der Waals surface area (Å²) in [6, 6.07) is 17.8. The Kier molecular flexibility index (Phi) is 7.30. The van der Waals surface area contributed by atoms with Crippen LogP contribution in [0.2, 0.25) is 0 Å². The highest BCUT2D eigenvalue weighted by atomic mass is 32.1. The van der Waals surface area contributed by atoms with Gasteiger partial charge in [0.05, 0.1) is 12.2 Å². The lowest BCUT2D eigenvalue weighted by Crippen LogP contribution is -2.44. The summed E-state index contributed by atoms with van der Waals surface area (Å²) >= 11 is 1.45. The van der Waals surface area contributed by atoms with Gasteiger partial charge >= 0.3 is 0 Å². The second kappa shape index (κ2) is 10.8. The molecule has 1 N–H and O–H groups in total. The van der Waals surface area contributed by atoms with E-state index in [1.165, 1.54) is 16.2 Å². The maximum atomic E-state index is 13.4. The van der Waals surface area contributed by atoms with Crippen LogP contribution >= 0.6 is 11.3 Å². The quantitative estimate of drug-likeness (QED) is 0.273. The molecule has 2 aliphatic rings. The molecule has 0 aliphatic carbocycles. The number of ether oxygens (including phenoxy) is 1. The Bertz CT molecular complexity index is 1280. The number of nitrogens with zero attached hydrogens (tertiary/aromatic N) is 3. The van der Waals surface area contributed by atoms with Crippen molar-refractivity contribution in [2.75, 3.05) is 49.6 Å². The van der Waals surface area contributed by atoms with E-state index in [0.717, 1.165) is 43.2 Å². The SMILES string of the molecule is CCCOc1ccc(/C(O)=C2/C(=O)C(=O)N(c3ccc(N4CCN(C)CC4)cc3)C2c2cccs2)cc1. The van der Waals surface area contributed by atoms with Gasteiger partial charge in [-0.2, -0.15) is 0 Å². The molecule has 0 saturated carbocycles. The van der Waals surface area contributed by atoms with Crippen LogP contribution in [0.3, 0.4) is 0 Å². The number of amides is 1. The van der Waals surface area contributed by atoms with E-state index in [0.29, 0.717) is 23.6 Å². The molecule has 1 unspecified atom stereocenters. The largest absolute Gasteiger partial charge is 0.507 e. The molecule has 2 aromatic carbocycles. The molecule has 8 heteroatoms. The molecule has 1 aromatic heterocycles. The van der Waals surface area contributed by atoms with Gasteiger partial charge in [0.15, 0.2) is 0 Å². The predicted molar refractivity (Wildman–Crippen MR) is 147 cm³/mol. The minimum Gasteiger partial charge on any atom is -0.507 e. The molecule has 7 nitrogen and oxygen atoms in total. The zero-order chi connectivity index (χ0) is 25.9. The summed E-state index contributed by atoms with van der Waals surface area (Å²) in [5.74, 6) is -0.829. The maximum absolute atomic E-state index is 13.4. The van der Waals surface area contributed by atoms with Crippen LogP contribution in [0.15, 0.2) is 71.6 Å². The molecule has 1 atom stereocenters. The molecule has 2 fully saturated rings. The number of ketones is 1. The molecule has 3 heterocycles. The monoisotopic (exact) mass is 517 g/mol. The number of piperazine rings is 1. The van der Waals surface area contributed by atoms with Crippen LogP contribution in [0, 0.1) is 0 Å². The number of aliphatic hydroxyl groups is 1. The number of hydrogen-bond acceptors (Lipinski definition) is 7. The molecule has 3 aromatic rings. The molecule has 0 spiro atoms. The van der Waals surface area contributed by atoms with E-state index in [4.69, 9.17) is 4.74 Å². The number of Topliss-reactive ketones (excluding diaryl/α,β-unsaturated/α-hetero) is 1. The van der Waals surface area contributed by atoms with Crippen molar-refractivity contribution in [3.05, 3.63) is 82.1 Å². The van der Waals surface area contributed by atoms with E-state index in [-0.39, 0.29) is 11.3 Å². The average Bonchev–Trinajstić information content (AvgIpc) is 3.55. The van der Waals surface area contributed by atoms with Crippen molar-refractivity contribution >= 4 is 40.2 Å². The molecule has 5 rings (SSSR count). The summed E-state index contributed by atoms with van der Waals surface area (Å²) in [5.41, 5.74) is 2.28. The summed E-state index contributed by atoms with van der Waals surface area (Å²) in [6.45, 7) is 6.52. The fourth-order valence-electron chi connectivity index (χ4n) is 4.79. The normalized spacial score (nSPS) is 20.0. The van der Waals surface area contributed by atoms with Crippen LogP contribution in [-0.4, -0.2) is 61.5 Å². The third-order valence-electron chi connectivity index (χ3n) is 6.85. The zero-order valence-corrected chi connectivity index (χ0v) is 21.9. The van der Waals surface area contributed by atoms with Gasteiger partial charge in [-0.05, 0) is 73.4 Å². The lowest BCUT2D eigenvalue weighted by molar-refractivity contribution is -0.132. The number of anilines is 2. The van der Waals surface area contributed by atoms with Gasteiger partial charge in [-0.1, -0.05) is 13.0 Å². The second-order valence-electron chi connectivity index (χ2n) is 9.36. The molecule has 192 valence electrons. The smallest absolute Gasteiger partial charge is 0.300 e. The number of aliphatic hydroxyl groups excluding tert-OH is 1. The van der Waals surface area contributed by atoms with E-state index in [1.807, 2.05) is 48.7 Å². The van der Waals surface area contributed by atoms with Gasteiger partial charge in [-0.3, -0.25) is 14.5 Å². The molecular formula is C29H31N3O4S. The third-order valence-corrected chi connectivity index (χ3v) is 7.78. The number of likely N-dealkylation sites (N-methyl/N-ethyl adjacent to an activating group) is 1. The molecule has 37 heavy (non-hydrogen) atoms. The maximum Gasteiger partial charge on any atom is 0.300 e. The Hall–Kier alpha value is -3.62. The first-order valence-electron chi connectivity index (χ1n) is 12.6. The minimum absolute atomic E-state index is 0.0952. The Morgan fingerprint density at radius 2 is 1.65 bits per heavy atom. The topological polar surface area (TPSA) is 73.3 Å².